The van der Waals surface area contributed by atoms with E-state index in [2.05, 4.69) is 15.0 Å². The topological polar surface area (TPSA) is 68.5 Å². The molecule has 0 aromatic carbocycles. The minimum Gasteiger partial charge on any atom is -0.381 e. The third-order valence-corrected chi connectivity index (χ3v) is 5.29. The number of piperidine rings is 1. The van der Waals surface area contributed by atoms with Crippen molar-refractivity contribution in [2.75, 3.05) is 26.3 Å². The van der Waals surface area contributed by atoms with E-state index in [9.17, 15) is 4.79 Å². The number of hydrogen-bond acceptors (Lipinski definition) is 5. The molecule has 0 N–H and O–H groups in total. The van der Waals surface area contributed by atoms with E-state index in [1.807, 2.05) is 0 Å². The predicted molar refractivity (Wildman–Crippen MR) is 82.8 cm³/mol. The molecule has 6 heteroatoms. The van der Waals surface area contributed by atoms with E-state index in [4.69, 9.17) is 9.26 Å². The molecule has 0 radical (unpaired) electrons. The van der Waals surface area contributed by atoms with Gasteiger partial charge < -0.3 is 14.2 Å². The zero-order valence-corrected chi connectivity index (χ0v) is 13.6. The van der Waals surface area contributed by atoms with E-state index >= 15 is 0 Å². The van der Waals surface area contributed by atoms with Crippen LogP contribution in [0.1, 0.15) is 56.2 Å². The van der Waals surface area contributed by atoms with Crippen LogP contribution >= 0.6 is 0 Å². The minimum absolute atomic E-state index is 0.160. The van der Waals surface area contributed by atoms with Gasteiger partial charge in [-0.05, 0) is 44.4 Å². The fourth-order valence-corrected chi connectivity index (χ4v) is 3.74. The highest BCUT2D eigenvalue weighted by Crippen LogP contribution is 2.38. The summed E-state index contributed by atoms with van der Waals surface area (Å²) in [4.78, 5) is 19.3. The Bertz CT molecular complexity index is 549. The molecule has 23 heavy (non-hydrogen) atoms. The second-order valence-electron chi connectivity index (χ2n) is 7.20. The van der Waals surface area contributed by atoms with Gasteiger partial charge in [-0.3, -0.25) is 4.79 Å². The molecule has 2 saturated heterocycles. The third-order valence-electron chi connectivity index (χ3n) is 5.29. The zero-order chi connectivity index (χ0) is 15.6. The van der Waals surface area contributed by atoms with Gasteiger partial charge in [-0.1, -0.05) is 5.16 Å². The average Bonchev–Trinajstić information content (AvgIpc) is 3.35. The molecular formula is C17H25N3O3. The van der Waals surface area contributed by atoms with Gasteiger partial charge in [0.25, 0.3) is 0 Å². The normalized spacial score (nSPS) is 26.4. The molecule has 1 saturated carbocycles. The summed E-state index contributed by atoms with van der Waals surface area (Å²) in [6.45, 7) is 3.17. The summed E-state index contributed by atoms with van der Waals surface area (Å²) < 4.78 is 10.8. The van der Waals surface area contributed by atoms with Gasteiger partial charge in [0.05, 0.1) is 0 Å². The number of aromatic nitrogens is 2. The van der Waals surface area contributed by atoms with E-state index in [1.165, 1.54) is 12.8 Å². The third kappa shape index (κ3) is 3.57. The van der Waals surface area contributed by atoms with Gasteiger partial charge in [0.1, 0.15) is 0 Å². The van der Waals surface area contributed by atoms with Gasteiger partial charge in [-0.25, -0.2) is 0 Å². The number of ether oxygens (including phenoxy) is 1. The summed E-state index contributed by atoms with van der Waals surface area (Å²) in [6.07, 6.45) is 7.13. The largest absolute Gasteiger partial charge is 0.381 e. The van der Waals surface area contributed by atoms with Crippen LogP contribution in [0.5, 0.6) is 0 Å². The molecule has 1 aromatic rings. The molecule has 3 fully saturated rings. The SMILES string of the molecule is O=C(C1CCOCC1)N1CCCC(Cc2nc(C3CC3)no2)C1. The molecule has 126 valence electrons. The van der Waals surface area contributed by atoms with Crippen LogP contribution in [0, 0.1) is 11.8 Å². The number of carbonyl (C=O) groups excluding carboxylic acids is 1. The Balaban J connectivity index is 1.33. The first-order valence-electron chi connectivity index (χ1n) is 8.98. The molecule has 1 aliphatic carbocycles. The quantitative estimate of drug-likeness (QED) is 0.850. The van der Waals surface area contributed by atoms with Crippen LogP contribution in [-0.4, -0.2) is 47.3 Å². The van der Waals surface area contributed by atoms with Crippen LogP contribution in [0.2, 0.25) is 0 Å². The predicted octanol–water partition coefficient (Wildman–Crippen LogP) is 2.15. The molecule has 0 bridgehead atoms. The first-order valence-corrected chi connectivity index (χ1v) is 8.98. The van der Waals surface area contributed by atoms with Crippen molar-refractivity contribution in [2.45, 2.75) is 50.9 Å². The highest BCUT2D eigenvalue weighted by Gasteiger charge is 2.32. The van der Waals surface area contributed by atoms with Crippen molar-refractivity contribution in [1.29, 1.82) is 0 Å². The van der Waals surface area contributed by atoms with Crippen LogP contribution in [0.3, 0.4) is 0 Å². The number of nitrogens with zero attached hydrogens (tertiary/aromatic N) is 3. The molecule has 3 aliphatic rings. The van der Waals surface area contributed by atoms with E-state index < -0.39 is 0 Å². The maximum atomic E-state index is 12.7. The van der Waals surface area contributed by atoms with Crippen LogP contribution in [0.25, 0.3) is 0 Å². The maximum Gasteiger partial charge on any atom is 0.226 e. The van der Waals surface area contributed by atoms with Crippen LogP contribution in [0.4, 0.5) is 0 Å². The molecule has 1 aromatic heterocycles. The molecule has 6 nitrogen and oxygen atoms in total. The smallest absolute Gasteiger partial charge is 0.226 e. The van der Waals surface area contributed by atoms with Crippen molar-refractivity contribution in [3.8, 4) is 0 Å². The first-order chi connectivity index (χ1) is 11.3. The molecule has 0 spiro atoms. The standard InChI is InChI=1S/C17H25N3O3/c21-17(14-5-8-22-9-6-14)20-7-1-2-12(11-20)10-15-18-16(19-23-15)13-3-4-13/h12-14H,1-11H2. The van der Waals surface area contributed by atoms with Gasteiger partial charge >= 0.3 is 0 Å². The Labute approximate surface area is 136 Å². The first kappa shape index (κ1) is 15.1. The van der Waals surface area contributed by atoms with Gasteiger partial charge in [0, 0.05) is 44.6 Å². The highest BCUT2D eigenvalue weighted by molar-refractivity contribution is 5.79. The van der Waals surface area contributed by atoms with Crippen molar-refractivity contribution in [2.24, 2.45) is 11.8 Å². The fourth-order valence-electron chi connectivity index (χ4n) is 3.74. The lowest BCUT2D eigenvalue weighted by molar-refractivity contribution is -0.140. The van der Waals surface area contributed by atoms with Crippen molar-refractivity contribution >= 4 is 5.91 Å². The van der Waals surface area contributed by atoms with E-state index in [0.717, 1.165) is 70.1 Å². The van der Waals surface area contributed by atoms with Crippen molar-refractivity contribution in [1.82, 2.24) is 15.0 Å². The van der Waals surface area contributed by atoms with E-state index in [0.29, 0.717) is 17.7 Å². The fraction of sp³-hybridized carbons (Fsp3) is 0.824. The number of amides is 1. The Morgan fingerprint density at radius 3 is 2.78 bits per heavy atom. The van der Waals surface area contributed by atoms with Gasteiger partial charge in [0.15, 0.2) is 5.82 Å². The molecule has 1 unspecified atom stereocenters. The Morgan fingerprint density at radius 2 is 2.00 bits per heavy atom. The monoisotopic (exact) mass is 319 g/mol. The van der Waals surface area contributed by atoms with E-state index in [1.54, 1.807) is 0 Å². The minimum atomic E-state index is 0.160. The van der Waals surface area contributed by atoms with Crippen molar-refractivity contribution in [3.05, 3.63) is 11.7 Å². The lowest BCUT2D eigenvalue weighted by atomic mass is 9.92. The summed E-state index contributed by atoms with van der Waals surface area (Å²) in [6, 6.07) is 0. The second kappa shape index (κ2) is 6.59. The summed E-state index contributed by atoms with van der Waals surface area (Å²) in [5.41, 5.74) is 0. The maximum absolute atomic E-state index is 12.7. The summed E-state index contributed by atoms with van der Waals surface area (Å²) in [5, 5.41) is 4.09. The molecule has 2 aliphatic heterocycles. The van der Waals surface area contributed by atoms with Crippen molar-refractivity contribution < 1.29 is 14.1 Å². The Hall–Kier alpha value is -1.43. The van der Waals surface area contributed by atoms with Crippen LogP contribution in [-0.2, 0) is 16.0 Å². The summed E-state index contributed by atoms with van der Waals surface area (Å²) in [5.74, 6) is 3.09. The average molecular weight is 319 g/mol. The summed E-state index contributed by atoms with van der Waals surface area (Å²) in [7, 11) is 0. The zero-order valence-electron chi connectivity index (χ0n) is 13.6. The number of carbonyl (C=O) groups is 1. The number of likely N-dealkylation sites (tertiary alicyclic amines) is 1. The molecule has 4 rings (SSSR count). The number of hydrogen-bond donors (Lipinski definition) is 0. The molecular weight excluding hydrogens is 294 g/mol. The highest BCUT2D eigenvalue weighted by atomic mass is 16.5. The Kier molecular flexibility index (Phi) is 4.33. The van der Waals surface area contributed by atoms with Gasteiger partial charge in [-0.15, -0.1) is 0 Å². The Morgan fingerprint density at radius 1 is 1.17 bits per heavy atom. The van der Waals surface area contributed by atoms with Crippen LogP contribution < -0.4 is 0 Å². The molecule has 1 atom stereocenters. The second-order valence-corrected chi connectivity index (χ2v) is 7.20. The van der Waals surface area contributed by atoms with Crippen LogP contribution in [0.15, 0.2) is 4.52 Å². The van der Waals surface area contributed by atoms with E-state index in [-0.39, 0.29) is 5.92 Å². The lowest BCUT2D eigenvalue weighted by Gasteiger charge is -2.35. The molecule has 3 heterocycles. The van der Waals surface area contributed by atoms with Gasteiger partial charge in [0.2, 0.25) is 11.8 Å². The lowest BCUT2D eigenvalue weighted by Crippen LogP contribution is -2.44. The van der Waals surface area contributed by atoms with Crippen molar-refractivity contribution in [3.63, 3.8) is 0 Å². The molecule has 1 amide bonds. The summed E-state index contributed by atoms with van der Waals surface area (Å²) >= 11 is 0. The number of rotatable bonds is 4. The van der Waals surface area contributed by atoms with Gasteiger partial charge in [-0.2, -0.15) is 4.98 Å².